The summed E-state index contributed by atoms with van der Waals surface area (Å²) in [6.45, 7) is 10.4. The minimum Gasteiger partial charge on any atom is -0.487 e. The molecule has 0 saturated carbocycles. The Morgan fingerprint density at radius 2 is 1.86 bits per heavy atom. The Morgan fingerprint density at radius 3 is 2.53 bits per heavy atom. The molecule has 11 nitrogen and oxygen atoms in total. The van der Waals surface area contributed by atoms with Crippen molar-refractivity contribution >= 4 is 12.0 Å². The van der Waals surface area contributed by atoms with Crippen molar-refractivity contribution in [2.45, 2.75) is 65.1 Å². The summed E-state index contributed by atoms with van der Waals surface area (Å²) >= 11 is 0. The minimum atomic E-state index is 0.0606. The highest BCUT2D eigenvalue weighted by molar-refractivity contribution is 5.34. The first-order chi connectivity index (χ1) is 17.5. The quantitative estimate of drug-likeness (QED) is 0.473. The van der Waals surface area contributed by atoms with Crippen LogP contribution >= 0.6 is 0 Å². The first kappa shape index (κ1) is 24.5. The van der Waals surface area contributed by atoms with Gasteiger partial charge in [-0.3, -0.25) is 4.68 Å². The number of hydrogen-bond donors (Lipinski definition) is 1. The van der Waals surface area contributed by atoms with E-state index in [1.807, 2.05) is 17.8 Å². The lowest BCUT2D eigenvalue weighted by atomic mass is 9.92. The molecule has 2 N–H and O–H groups in total. The summed E-state index contributed by atoms with van der Waals surface area (Å²) in [6.07, 6.45) is 11.4. The van der Waals surface area contributed by atoms with E-state index in [1.165, 1.54) is 5.56 Å². The lowest BCUT2D eigenvalue weighted by Gasteiger charge is -2.33. The van der Waals surface area contributed by atoms with E-state index < -0.39 is 0 Å². The Labute approximate surface area is 212 Å². The van der Waals surface area contributed by atoms with Crippen molar-refractivity contribution in [3.8, 4) is 5.75 Å². The summed E-state index contributed by atoms with van der Waals surface area (Å²) < 4.78 is 13.6. The Balaban J connectivity index is 1.11. The van der Waals surface area contributed by atoms with E-state index in [0.717, 1.165) is 64.2 Å². The third kappa shape index (κ3) is 5.45. The molecule has 11 heteroatoms. The molecule has 0 aliphatic carbocycles. The van der Waals surface area contributed by atoms with Crippen LogP contribution in [0.1, 0.15) is 45.0 Å². The van der Waals surface area contributed by atoms with Gasteiger partial charge in [0.25, 0.3) is 0 Å². The molecule has 0 spiro atoms. The van der Waals surface area contributed by atoms with Crippen LogP contribution in [0.15, 0.2) is 29.3 Å². The second kappa shape index (κ2) is 10.8. The number of rotatable bonds is 9. The second-order valence-electron chi connectivity index (χ2n) is 9.97. The monoisotopic (exact) mass is 495 g/mol. The lowest BCUT2D eigenvalue weighted by molar-refractivity contribution is 0.131. The summed E-state index contributed by atoms with van der Waals surface area (Å²) in [7, 11) is 0. The fourth-order valence-electron chi connectivity index (χ4n) is 5.10. The van der Waals surface area contributed by atoms with Crippen LogP contribution in [-0.2, 0) is 19.4 Å². The van der Waals surface area contributed by atoms with Gasteiger partial charge in [-0.25, -0.2) is 9.97 Å². The smallest absolute Gasteiger partial charge is 0.324 e. The topological polar surface area (TPSA) is 124 Å². The summed E-state index contributed by atoms with van der Waals surface area (Å²) in [5.74, 6) is 2.90. The molecule has 3 aromatic rings. The van der Waals surface area contributed by atoms with E-state index >= 15 is 0 Å². The van der Waals surface area contributed by atoms with Crippen molar-refractivity contribution in [2.75, 3.05) is 36.0 Å². The molecule has 0 bridgehead atoms. The van der Waals surface area contributed by atoms with E-state index in [1.54, 1.807) is 12.4 Å². The van der Waals surface area contributed by atoms with Gasteiger partial charge in [0, 0.05) is 57.3 Å². The maximum absolute atomic E-state index is 6.45. The Hall–Kier alpha value is -3.21. The predicted octanol–water partition coefficient (Wildman–Crippen LogP) is 2.33. The first-order valence-corrected chi connectivity index (χ1v) is 13.1. The van der Waals surface area contributed by atoms with Gasteiger partial charge in [-0.05, 0) is 37.7 Å². The molecule has 5 heterocycles. The average Bonchev–Trinajstić information content (AvgIpc) is 3.65. The summed E-state index contributed by atoms with van der Waals surface area (Å²) in [5, 5.41) is 8.47. The van der Waals surface area contributed by atoms with Crippen molar-refractivity contribution in [3.63, 3.8) is 0 Å². The zero-order valence-corrected chi connectivity index (χ0v) is 21.5. The molecule has 2 aliphatic heterocycles. The van der Waals surface area contributed by atoms with Crippen molar-refractivity contribution < 1.29 is 9.26 Å². The van der Waals surface area contributed by atoms with Crippen molar-refractivity contribution in [2.24, 2.45) is 17.6 Å². The Kier molecular flexibility index (Phi) is 7.35. The number of hydrogen-bond acceptors (Lipinski definition) is 10. The van der Waals surface area contributed by atoms with E-state index in [2.05, 4.69) is 55.1 Å². The van der Waals surface area contributed by atoms with Gasteiger partial charge in [0.15, 0.2) is 11.6 Å². The van der Waals surface area contributed by atoms with E-state index in [0.29, 0.717) is 29.5 Å². The van der Waals surface area contributed by atoms with E-state index in [9.17, 15) is 0 Å². The molecule has 194 valence electrons. The highest BCUT2D eigenvalue weighted by atomic mass is 16.5. The van der Waals surface area contributed by atoms with Crippen LogP contribution in [0, 0.1) is 11.8 Å². The number of aromatic nitrogens is 6. The van der Waals surface area contributed by atoms with Gasteiger partial charge in [0.05, 0.1) is 24.7 Å². The Bertz CT molecular complexity index is 1110. The normalized spacial score (nSPS) is 21.8. The molecular weight excluding hydrogens is 458 g/mol. The van der Waals surface area contributed by atoms with Crippen molar-refractivity contribution in [1.82, 2.24) is 29.9 Å². The average molecular weight is 496 g/mol. The predicted molar refractivity (Wildman–Crippen MR) is 136 cm³/mol. The van der Waals surface area contributed by atoms with Gasteiger partial charge in [0.1, 0.15) is 0 Å². The lowest BCUT2D eigenvalue weighted by Crippen LogP contribution is -2.38. The van der Waals surface area contributed by atoms with Gasteiger partial charge in [-0.2, -0.15) is 10.1 Å². The molecular formula is C25H37N9O2. The highest BCUT2D eigenvalue weighted by Gasteiger charge is 2.32. The third-order valence-electron chi connectivity index (χ3n) is 7.48. The molecule has 3 atom stereocenters. The fraction of sp³-hybridized carbons (Fsp3) is 0.640. The number of nitrogens with two attached hydrogens (primary N) is 1. The molecule has 3 unspecified atom stereocenters. The van der Waals surface area contributed by atoms with Crippen LogP contribution in [0.2, 0.25) is 0 Å². The molecule has 5 rings (SSSR count). The van der Waals surface area contributed by atoms with Crippen molar-refractivity contribution in [3.05, 3.63) is 36.2 Å². The second-order valence-corrected chi connectivity index (χ2v) is 9.97. The van der Waals surface area contributed by atoms with Crippen LogP contribution < -0.4 is 20.3 Å². The van der Waals surface area contributed by atoms with Gasteiger partial charge in [0.2, 0.25) is 5.95 Å². The molecule has 2 saturated heterocycles. The standard InChI is InChI=1S/C25H37N9O2/c1-4-18-10-29-34(13-18)15-20-14-33(16-22(20)26)24-27-11-21(12-28-24)35-17(3)19-6-8-32(9-7-19)25-30-23(5-2)31-36-25/h10-13,17,19-20,22H,4-9,14-16,26H2,1-3H3. The van der Waals surface area contributed by atoms with E-state index in [-0.39, 0.29) is 12.1 Å². The van der Waals surface area contributed by atoms with Crippen LogP contribution in [0.4, 0.5) is 12.0 Å². The number of aryl methyl sites for hydroxylation is 2. The SMILES string of the molecule is CCc1cnn(CC2CN(c3ncc(OC(C)C4CCN(c5nc(CC)no5)CC4)cn3)CC2N)c1. The summed E-state index contributed by atoms with van der Waals surface area (Å²) in [5.41, 5.74) is 7.69. The molecule has 3 aromatic heterocycles. The van der Waals surface area contributed by atoms with Crippen LogP contribution in [0.5, 0.6) is 5.75 Å². The number of nitrogens with zero attached hydrogens (tertiary/aromatic N) is 8. The summed E-state index contributed by atoms with van der Waals surface area (Å²) in [4.78, 5) is 18.0. The fourth-order valence-corrected chi connectivity index (χ4v) is 5.10. The largest absolute Gasteiger partial charge is 0.487 e. The van der Waals surface area contributed by atoms with Crippen LogP contribution in [0.3, 0.4) is 0 Å². The molecule has 0 radical (unpaired) electrons. The zero-order chi connectivity index (χ0) is 25.1. The van der Waals surface area contributed by atoms with Gasteiger partial charge < -0.3 is 24.8 Å². The third-order valence-corrected chi connectivity index (χ3v) is 7.48. The maximum atomic E-state index is 6.45. The van der Waals surface area contributed by atoms with Crippen LogP contribution in [0.25, 0.3) is 0 Å². The number of piperidine rings is 1. The summed E-state index contributed by atoms with van der Waals surface area (Å²) in [6, 6.07) is 0.687. The molecule has 36 heavy (non-hydrogen) atoms. The number of anilines is 2. The highest BCUT2D eigenvalue weighted by Crippen LogP contribution is 2.27. The minimum absolute atomic E-state index is 0.0606. The van der Waals surface area contributed by atoms with E-state index in [4.69, 9.17) is 15.0 Å². The van der Waals surface area contributed by atoms with Crippen LogP contribution in [-0.4, -0.2) is 68.2 Å². The molecule has 0 amide bonds. The molecule has 2 fully saturated rings. The van der Waals surface area contributed by atoms with Gasteiger partial charge in [-0.1, -0.05) is 19.0 Å². The zero-order valence-electron chi connectivity index (χ0n) is 21.5. The Morgan fingerprint density at radius 1 is 1.08 bits per heavy atom. The van der Waals surface area contributed by atoms with Gasteiger partial charge in [-0.15, -0.1) is 0 Å². The maximum Gasteiger partial charge on any atom is 0.324 e. The molecule has 2 aliphatic rings. The van der Waals surface area contributed by atoms with Crippen molar-refractivity contribution in [1.29, 1.82) is 0 Å². The number of ether oxygens (including phenoxy) is 1. The molecule has 0 aromatic carbocycles. The van der Waals surface area contributed by atoms with Gasteiger partial charge >= 0.3 is 6.01 Å². The first-order valence-electron chi connectivity index (χ1n) is 13.1.